The van der Waals surface area contributed by atoms with Gasteiger partial charge >= 0.3 is 0 Å². The van der Waals surface area contributed by atoms with Crippen molar-refractivity contribution in [3.8, 4) is 0 Å². The third-order valence-electron chi connectivity index (χ3n) is 3.76. The van der Waals surface area contributed by atoms with Gasteiger partial charge in [0.15, 0.2) is 0 Å². The standard InChI is InChI=1S/C10H17NO/c1-8-4-2-3-5-10(8)6-9(12)11-7-10/h8H,2-7H2,1H3,(H,11,12)/t8-,10-/m0/s1. The molecule has 0 bridgehead atoms. The highest BCUT2D eigenvalue weighted by atomic mass is 16.1. The molecule has 1 spiro atoms. The molecule has 12 heavy (non-hydrogen) atoms. The van der Waals surface area contributed by atoms with E-state index in [0.29, 0.717) is 5.41 Å². The van der Waals surface area contributed by atoms with Crippen molar-refractivity contribution < 1.29 is 4.79 Å². The Kier molecular flexibility index (Phi) is 1.85. The molecule has 2 fully saturated rings. The molecule has 1 saturated heterocycles. The second kappa shape index (κ2) is 2.75. The molecule has 2 aliphatic rings. The number of carbonyl (C=O) groups is 1. The summed E-state index contributed by atoms with van der Waals surface area (Å²) in [7, 11) is 0. The number of amides is 1. The Hall–Kier alpha value is -0.530. The molecule has 2 nitrogen and oxygen atoms in total. The van der Waals surface area contributed by atoms with Crippen LogP contribution in [-0.4, -0.2) is 12.5 Å². The molecule has 68 valence electrons. The summed E-state index contributed by atoms with van der Waals surface area (Å²) in [5, 5.41) is 2.97. The van der Waals surface area contributed by atoms with Crippen LogP contribution in [0.2, 0.25) is 0 Å². The molecule has 2 rings (SSSR count). The Balaban J connectivity index is 2.12. The van der Waals surface area contributed by atoms with Gasteiger partial charge in [0.05, 0.1) is 0 Å². The van der Waals surface area contributed by atoms with Crippen LogP contribution in [0.1, 0.15) is 39.0 Å². The second-order valence-corrected chi connectivity index (χ2v) is 4.46. The maximum absolute atomic E-state index is 11.2. The summed E-state index contributed by atoms with van der Waals surface area (Å²) in [6, 6.07) is 0. The number of hydrogen-bond acceptors (Lipinski definition) is 1. The number of hydrogen-bond donors (Lipinski definition) is 1. The van der Waals surface area contributed by atoms with E-state index in [-0.39, 0.29) is 5.91 Å². The number of rotatable bonds is 0. The minimum absolute atomic E-state index is 0.267. The maximum Gasteiger partial charge on any atom is 0.220 e. The van der Waals surface area contributed by atoms with Gasteiger partial charge in [0, 0.05) is 13.0 Å². The van der Waals surface area contributed by atoms with Gasteiger partial charge < -0.3 is 5.32 Å². The molecule has 0 aromatic rings. The molecule has 0 aromatic heterocycles. The summed E-state index contributed by atoms with van der Waals surface area (Å²) < 4.78 is 0. The van der Waals surface area contributed by atoms with E-state index in [1.807, 2.05) is 0 Å². The van der Waals surface area contributed by atoms with E-state index < -0.39 is 0 Å². The minimum Gasteiger partial charge on any atom is -0.356 e. The van der Waals surface area contributed by atoms with E-state index in [2.05, 4.69) is 12.2 Å². The van der Waals surface area contributed by atoms with E-state index in [1.165, 1.54) is 25.7 Å². The third kappa shape index (κ3) is 1.13. The molecule has 1 amide bonds. The first kappa shape index (κ1) is 8.09. The number of carbonyl (C=O) groups excluding carboxylic acids is 1. The molecule has 0 radical (unpaired) electrons. The molecule has 1 saturated carbocycles. The van der Waals surface area contributed by atoms with Crippen LogP contribution in [0.3, 0.4) is 0 Å². The summed E-state index contributed by atoms with van der Waals surface area (Å²) in [5.41, 5.74) is 0.343. The molecule has 2 atom stereocenters. The zero-order valence-corrected chi connectivity index (χ0v) is 7.73. The van der Waals surface area contributed by atoms with Crippen LogP contribution in [0.25, 0.3) is 0 Å². The predicted molar refractivity (Wildman–Crippen MR) is 47.7 cm³/mol. The molecule has 1 N–H and O–H groups in total. The predicted octanol–water partition coefficient (Wildman–Crippen LogP) is 1.70. The SMILES string of the molecule is C[C@H]1CCCC[C@]12CNC(=O)C2. The van der Waals surface area contributed by atoms with Crippen molar-refractivity contribution >= 4 is 5.91 Å². The first-order chi connectivity index (χ1) is 5.73. The molecule has 0 aromatic carbocycles. The van der Waals surface area contributed by atoms with Gasteiger partial charge in [0.2, 0.25) is 5.91 Å². The van der Waals surface area contributed by atoms with Gasteiger partial charge in [-0.25, -0.2) is 0 Å². The highest BCUT2D eigenvalue weighted by Crippen LogP contribution is 2.45. The smallest absolute Gasteiger partial charge is 0.220 e. The first-order valence-electron chi connectivity index (χ1n) is 5.00. The van der Waals surface area contributed by atoms with Crippen molar-refractivity contribution in [2.45, 2.75) is 39.0 Å². The monoisotopic (exact) mass is 167 g/mol. The topological polar surface area (TPSA) is 29.1 Å². The van der Waals surface area contributed by atoms with Crippen molar-refractivity contribution in [2.24, 2.45) is 11.3 Å². The van der Waals surface area contributed by atoms with Gasteiger partial charge in [-0.3, -0.25) is 4.79 Å². The third-order valence-corrected chi connectivity index (χ3v) is 3.76. The summed E-state index contributed by atoms with van der Waals surface area (Å²) in [5.74, 6) is 1.01. The van der Waals surface area contributed by atoms with Crippen LogP contribution in [0.4, 0.5) is 0 Å². The molecule has 1 aliphatic carbocycles. The van der Waals surface area contributed by atoms with Crippen molar-refractivity contribution in [1.29, 1.82) is 0 Å². The lowest BCUT2D eigenvalue weighted by Crippen LogP contribution is -2.34. The lowest BCUT2D eigenvalue weighted by atomic mass is 9.66. The zero-order chi connectivity index (χ0) is 8.60. The molecule has 2 heteroatoms. The lowest BCUT2D eigenvalue weighted by molar-refractivity contribution is -0.120. The molecule has 0 unspecified atom stereocenters. The van der Waals surface area contributed by atoms with Crippen LogP contribution in [0.15, 0.2) is 0 Å². The average Bonchev–Trinajstić information content (AvgIpc) is 2.41. The highest BCUT2D eigenvalue weighted by Gasteiger charge is 2.43. The Morgan fingerprint density at radius 1 is 1.50 bits per heavy atom. The van der Waals surface area contributed by atoms with Crippen LogP contribution < -0.4 is 5.32 Å². The fraction of sp³-hybridized carbons (Fsp3) is 0.900. The normalized spacial score (nSPS) is 41.8. The van der Waals surface area contributed by atoms with Gasteiger partial charge in [0.1, 0.15) is 0 Å². The molecular formula is C10H17NO. The van der Waals surface area contributed by atoms with Gasteiger partial charge in [-0.15, -0.1) is 0 Å². The molecule has 1 aliphatic heterocycles. The lowest BCUT2D eigenvalue weighted by Gasteiger charge is -2.38. The zero-order valence-electron chi connectivity index (χ0n) is 7.73. The molecular weight excluding hydrogens is 150 g/mol. The first-order valence-corrected chi connectivity index (χ1v) is 5.00. The van der Waals surface area contributed by atoms with Crippen molar-refractivity contribution in [3.63, 3.8) is 0 Å². The summed E-state index contributed by atoms with van der Waals surface area (Å²) in [6.45, 7) is 3.24. The number of nitrogens with one attached hydrogen (secondary N) is 1. The van der Waals surface area contributed by atoms with Crippen LogP contribution in [-0.2, 0) is 4.79 Å². The van der Waals surface area contributed by atoms with E-state index in [4.69, 9.17) is 0 Å². The quantitative estimate of drug-likeness (QED) is 0.584. The Morgan fingerprint density at radius 3 is 2.92 bits per heavy atom. The van der Waals surface area contributed by atoms with Crippen LogP contribution in [0.5, 0.6) is 0 Å². The van der Waals surface area contributed by atoms with Crippen LogP contribution in [0, 0.1) is 11.3 Å². The van der Waals surface area contributed by atoms with Crippen molar-refractivity contribution in [1.82, 2.24) is 5.32 Å². The maximum atomic E-state index is 11.2. The Morgan fingerprint density at radius 2 is 2.33 bits per heavy atom. The van der Waals surface area contributed by atoms with E-state index >= 15 is 0 Å². The van der Waals surface area contributed by atoms with E-state index in [0.717, 1.165) is 18.9 Å². The van der Waals surface area contributed by atoms with Gasteiger partial charge in [-0.1, -0.05) is 26.2 Å². The largest absolute Gasteiger partial charge is 0.356 e. The Bertz CT molecular complexity index is 202. The van der Waals surface area contributed by atoms with Gasteiger partial charge in [-0.05, 0) is 17.8 Å². The fourth-order valence-electron chi connectivity index (χ4n) is 2.72. The summed E-state index contributed by atoms with van der Waals surface area (Å²) in [6.07, 6.45) is 6.03. The average molecular weight is 167 g/mol. The van der Waals surface area contributed by atoms with Crippen LogP contribution >= 0.6 is 0 Å². The minimum atomic E-state index is 0.267. The van der Waals surface area contributed by atoms with E-state index in [9.17, 15) is 4.79 Å². The molecule has 1 heterocycles. The van der Waals surface area contributed by atoms with Crippen molar-refractivity contribution in [2.75, 3.05) is 6.54 Å². The fourth-order valence-corrected chi connectivity index (χ4v) is 2.72. The highest BCUT2D eigenvalue weighted by molar-refractivity contribution is 5.79. The van der Waals surface area contributed by atoms with E-state index in [1.54, 1.807) is 0 Å². The van der Waals surface area contributed by atoms with Crippen molar-refractivity contribution in [3.05, 3.63) is 0 Å². The van der Waals surface area contributed by atoms with Gasteiger partial charge in [0.25, 0.3) is 0 Å². The Labute approximate surface area is 73.7 Å². The summed E-state index contributed by atoms with van der Waals surface area (Å²) >= 11 is 0. The van der Waals surface area contributed by atoms with Gasteiger partial charge in [-0.2, -0.15) is 0 Å². The summed E-state index contributed by atoms with van der Waals surface area (Å²) in [4.78, 5) is 11.2. The second-order valence-electron chi connectivity index (χ2n) is 4.46.